The summed E-state index contributed by atoms with van der Waals surface area (Å²) in [5.74, 6) is 0.0305. The predicted molar refractivity (Wildman–Crippen MR) is 71.6 cm³/mol. The Morgan fingerprint density at radius 2 is 2.33 bits per heavy atom. The summed E-state index contributed by atoms with van der Waals surface area (Å²) >= 11 is 1.67. The highest BCUT2D eigenvalue weighted by atomic mass is 32.1. The van der Waals surface area contributed by atoms with Gasteiger partial charge in [-0.25, -0.2) is 0 Å². The monoisotopic (exact) mass is 262 g/mol. The smallest absolute Gasteiger partial charge is 0.189 e. The van der Waals surface area contributed by atoms with Crippen LogP contribution >= 0.6 is 11.3 Å². The summed E-state index contributed by atoms with van der Waals surface area (Å²) in [5.41, 5.74) is 8.23. The number of hydrogen-bond donors (Lipinski definition) is 3. The Hall–Kier alpha value is -1.92. The third-order valence-electron chi connectivity index (χ3n) is 2.47. The highest BCUT2D eigenvalue weighted by Crippen LogP contribution is 2.07. The van der Waals surface area contributed by atoms with Gasteiger partial charge in [0, 0.05) is 19.3 Å². The highest BCUT2D eigenvalue weighted by molar-refractivity contribution is 7.07. The first-order valence-electron chi connectivity index (χ1n) is 5.45. The van der Waals surface area contributed by atoms with Crippen molar-refractivity contribution >= 4 is 17.2 Å². The summed E-state index contributed by atoms with van der Waals surface area (Å²) in [4.78, 5) is 4.11. The van der Waals surface area contributed by atoms with Gasteiger partial charge in [-0.2, -0.15) is 11.3 Å². The van der Waals surface area contributed by atoms with E-state index in [1.54, 1.807) is 17.5 Å². The second kappa shape index (κ2) is 6.13. The van der Waals surface area contributed by atoms with E-state index in [0.717, 1.165) is 12.1 Å². The predicted octanol–water partition coefficient (Wildman–Crippen LogP) is 1.53. The minimum atomic E-state index is 0.0305. The lowest BCUT2D eigenvalue weighted by molar-refractivity contribution is 0.318. The van der Waals surface area contributed by atoms with Crippen molar-refractivity contribution in [1.29, 1.82) is 0 Å². The second-order valence-electron chi connectivity index (χ2n) is 3.73. The number of rotatable bonds is 5. The zero-order valence-electron chi connectivity index (χ0n) is 9.71. The van der Waals surface area contributed by atoms with Gasteiger partial charge in [0.25, 0.3) is 0 Å². The van der Waals surface area contributed by atoms with Crippen LogP contribution in [0.1, 0.15) is 16.8 Å². The summed E-state index contributed by atoms with van der Waals surface area (Å²) in [6, 6.07) is 5.81. The van der Waals surface area contributed by atoms with Crippen LogP contribution in [0.5, 0.6) is 0 Å². The van der Waals surface area contributed by atoms with Crippen molar-refractivity contribution in [2.75, 3.05) is 0 Å². The molecule has 94 valence electrons. The van der Waals surface area contributed by atoms with E-state index >= 15 is 0 Å². The van der Waals surface area contributed by atoms with Crippen molar-refractivity contribution in [2.45, 2.75) is 13.1 Å². The van der Waals surface area contributed by atoms with Gasteiger partial charge in [-0.3, -0.25) is 4.98 Å². The Bertz CT molecular complexity index is 525. The Balaban J connectivity index is 2.01. The number of nitrogens with zero attached hydrogens (tertiary/aromatic N) is 2. The maximum Gasteiger partial charge on any atom is 0.189 e. The van der Waals surface area contributed by atoms with Crippen molar-refractivity contribution in [3.05, 3.63) is 52.0 Å². The molecule has 0 unspecified atom stereocenters. The Morgan fingerprint density at radius 3 is 3.06 bits per heavy atom. The summed E-state index contributed by atoms with van der Waals surface area (Å²) in [6.45, 7) is 1.41. The Kier molecular flexibility index (Phi) is 4.27. The topological polar surface area (TPSA) is 83.5 Å². The third kappa shape index (κ3) is 3.06. The van der Waals surface area contributed by atoms with Crippen LogP contribution < -0.4 is 11.1 Å². The van der Waals surface area contributed by atoms with Gasteiger partial charge in [0.1, 0.15) is 5.69 Å². The van der Waals surface area contributed by atoms with Gasteiger partial charge >= 0.3 is 0 Å². The SMILES string of the molecule is N/C(=N\O)c1ncccc1CNCc1ccsc1. The van der Waals surface area contributed by atoms with Gasteiger partial charge in [-0.05, 0) is 34.0 Å². The number of nitrogens with one attached hydrogen (secondary N) is 1. The number of aromatic nitrogens is 1. The Labute approximate surface area is 109 Å². The lowest BCUT2D eigenvalue weighted by Gasteiger charge is -2.07. The molecule has 0 radical (unpaired) electrons. The molecule has 6 heteroatoms. The van der Waals surface area contributed by atoms with Crippen molar-refractivity contribution < 1.29 is 5.21 Å². The van der Waals surface area contributed by atoms with E-state index in [-0.39, 0.29) is 5.84 Å². The molecule has 0 aromatic carbocycles. The maximum absolute atomic E-state index is 8.69. The van der Waals surface area contributed by atoms with E-state index in [1.165, 1.54) is 5.56 Å². The van der Waals surface area contributed by atoms with Crippen LogP contribution in [0, 0.1) is 0 Å². The number of thiophene rings is 1. The van der Waals surface area contributed by atoms with E-state index in [0.29, 0.717) is 12.2 Å². The summed E-state index contributed by atoms with van der Waals surface area (Å²) in [6.07, 6.45) is 1.62. The molecule has 0 bridgehead atoms. The van der Waals surface area contributed by atoms with Gasteiger partial charge in [0.15, 0.2) is 5.84 Å². The zero-order valence-corrected chi connectivity index (χ0v) is 10.5. The van der Waals surface area contributed by atoms with Crippen LogP contribution in [0.15, 0.2) is 40.3 Å². The fourth-order valence-electron chi connectivity index (χ4n) is 1.59. The molecule has 0 aliphatic carbocycles. The van der Waals surface area contributed by atoms with Crippen LogP contribution in [-0.2, 0) is 13.1 Å². The van der Waals surface area contributed by atoms with Crippen LogP contribution in [0.2, 0.25) is 0 Å². The van der Waals surface area contributed by atoms with Gasteiger partial charge in [0.2, 0.25) is 0 Å². The number of nitrogens with two attached hydrogens (primary N) is 1. The molecule has 4 N–H and O–H groups in total. The molecule has 5 nitrogen and oxygen atoms in total. The summed E-state index contributed by atoms with van der Waals surface area (Å²) in [5, 5.41) is 19.1. The molecule has 0 aliphatic rings. The largest absolute Gasteiger partial charge is 0.409 e. The molecular formula is C12H14N4OS. The van der Waals surface area contributed by atoms with Crippen LogP contribution in [-0.4, -0.2) is 16.0 Å². The van der Waals surface area contributed by atoms with Gasteiger partial charge in [-0.15, -0.1) is 0 Å². The van der Waals surface area contributed by atoms with E-state index in [2.05, 4.69) is 26.9 Å². The number of pyridine rings is 1. The molecule has 2 heterocycles. The third-order valence-corrected chi connectivity index (χ3v) is 3.20. The van der Waals surface area contributed by atoms with Gasteiger partial charge in [-0.1, -0.05) is 11.2 Å². The van der Waals surface area contributed by atoms with Crippen LogP contribution in [0.4, 0.5) is 0 Å². The number of amidine groups is 1. The minimum absolute atomic E-state index is 0.0305. The molecule has 0 atom stereocenters. The highest BCUT2D eigenvalue weighted by Gasteiger charge is 2.07. The van der Waals surface area contributed by atoms with Gasteiger partial charge in [0.05, 0.1) is 0 Å². The van der Waals surface area contributed by atoms with Crippen molar-refractivity contribution in [3.8, 4) is 0 Å². The van der Waals surface area contributed by atoms with Crippen LogP contribution in [0.25, 0.3) is 0 Å². The molecule has 0 spiro atoms. The first kappa shape index (κ1) is 12.5. The molecule has 2 aromatic heterocycles. The molecular weight excluding hydrogens is 248 g/mol. The van der Waals surface area contributed by atoms with Crippen LogP contribution in [0.3, 0.4) is 0 Å². The average Bonchev–Trinajstić information content (AvgIpc) is 2.92. The van der Waals surface area contributed by atoms with E-state index in [4.69, 9.17) is 10.9 Å². The molecule has 0 aliphatic heterocycles. The van der Waals surface area contributed by atoms with E-state index < -0.39 is 0 Å². The Morgan fingerprint density at radius 1 is 1.44 bits per heavy atom. The lowest BCUT2D eigenvalue weighted by atomic mass is 10.1. The van der Waals surface area contributed by atoms with Crippen molar-refractivity contribution in [1.82, 2.24) is 10.3 Å². The molecule has 0 fully saturated rings. The van der Waals surface area contributed by atoms with Crippen molar-refractivity contribution in [3.63, 3.8) is 0 Å². The maximum atomic E-state index is 8.69. The van der Waals surface area contributed by atoms with E-state index in [9.17, 15) is 0 Å². The quantitative estimate of drug-likeness (QED) is 0.330. The lowest BCUT2D eigenvalue weighted by Crippen LogP contribution is -2.21. The fourth-order valence-corrected chi connectivity index (χ4v) is 2.26. The number of hydrogen-bond acceptors (Lipinski definition) is 5. The standard InChI is InChI=1S/C12H14N4OS/c13-12(16-17)11-10(2-1-4-15-11)7-14-6-9-3-5-18-8-9/h1-5,8,14,17H,6-7H2,(H2,13,16). The zero-order chi connectivity index (χ0) is 12.8. The minimum Gasteiger partial charge on any atom is -0.409 e. The summed E-state index contributed by atoms with van der Waals surface area (Å²) < 4.78 is 0. The molecule has 0 saturated carbocycles. The first-order chi connectivity index (χ1) is 8.81. The normalized spacial score (nSPS) is 11.7. The first-order valence-corrected chi connectivity index (χ1v) is 6.39. The van der Waals surface area contributed by atoms with E-state index in [1.807, 2.05) is 17.5 Å². The molecule has 2 aromatic rings. The molecule has 0 saturated heterocycles. The molecule has 2 rings (SSSR count). The average molecular weight is 262 g/mol. The fraction of sp³-hybridized carbons (Fsp3) is 0.167. The van der Waals surface area contributed by atoms with Gasteiger partial charge < -0.3 is 16.3 Å². The number of oxime groups is 1. The molecule has 18 heavy (non-hydrogen) atoms. The summed E-state index contributed by atoms with van der Waals surface area (Å²) in [7, 11) is 0. The second-order valence-corrected chi connectivity index (χ2v) is 4.51. The van der Waals surface area contributed by atoms with Crippen molar-refractivity contribution in [2.24, 2.45) is 10.9 Å². The molecule has 0 amide bonds.